The van der Waals surface area contributed by atoms with Gasteiger partial charge in [-0.25, -0.2) is 0 Å². The molecule has 2 aromatic carbocycles. The zero-order valence-corrected chi connectivity index (χ0v) is 15.8. The molecule has 8 nitrogen and oxygen atoms in total. The van der Waals surface area contributed by atoms with Crippen LogP contribution in [0.4, 0.5) is 5.69 Å². The van der Waals surface area contributed by atoms with E-state index in [4.69, 9.17) is 9.47 Å². The first-order valence-corrected chi connectivity index (χ1v) is 9.76. The zero-order valence-electron chi connectivity index (χ0n) is 15.0. The molecular weight excluding hydrogens is 372 g/mol. The molecule has 0 aliphatic heterocycles. The quantitative estimate of drug-likeness (QED) is 0.366. The second-order valence-electron chi connectivity index (χ2n) is 5.43. The van der Waals surface area contributed by atoms with Gasteiger partial charge in [-0.1, -0.05) is 25.1 Å². The van der Waals surface area contributed by atoms with Gasteiger partial charge in [0.15, 0.2) is 5.75 Å². The van der Waals surface area contributed by atoms with Gasteiger partial charge < -0.3 is 9.47 Å². The molecule has 0 aliphatic carbocycles. The van der Waals surface area contributed by atoms with Crippen molar-refractivity contribution in [3.05, 3.63) is 58.1 Å². The molecule has 0 saturated carbocycles. The molecule has 0 spiro atoms. The zero-order chi connectivity index (χ0) is 19.9. The van der Waals surface area contributed by atoms with E-state index in [0.29, 0.717) is 6.42 Å². The van der Waals surface area contributed by atoms with Crippen LogP contribution in [-0.2, 0) is 10.0 Å². The number of nitro groups is 1. The number of benzene rings is 2. The molecule has 0 fully saturated rings. The molecular formula is C18H20N2O6S. The smallest absolute Gasteiger partial charge is 0.315 e. The highest BCUT2D eigenvalue weighted by Gasteiger charge is 2.22. The third-order valence-corrected chi connectivity index (χ3v) is 4.64. The maximum absolute atomic E-state index is 12.3. The van der Waals surface area contributed by atoms with Crippen LogP contribution in [0.5, 0.6) is 11.5 Å². The van der Waals surface area contributed by atoms with Crippen molar-refractivity contribution in [2.24, 2.45) is 4.40 Å². The lowest BCUT2D eigenvalue weighted by atomic mass is 10.2. The number of nitrogens with zero attached hydrogens (tertiary/aromatic N) is 2. The average molecular weight is 392 g/mol. The van der Waals surface area contributed by atoms with Crippen LogP contribution in [0.2, 0.25) is 0 Å². The van der Waals surface area contributed by atoms with Crippen LogP contribution in [0.15, 0.2) is 51.8 Å². The molecule has 0 radical (unpaired) electrons. The van der Waals surface area contributed by atoms with Gasteiger partial charge in [0, 0.05) is 17.8 Å². The first-order valence-electron chi connectivity index (χ1n) is 8.32. The number of sulfonamides is 1. The molecule has 0 unspecified atom stereocenters. The fraction of sp³-hybridized carbons (Fsp3) is 0.278. The molecule has 0 aromatic heterocycles. The molecule has 2 rings (SSSR count). The summed E-state index contributed by atoms with van der Waals surface area (Å²) in [7, 11) is -3.91. The minimum absolute atomic E-state index is 0.0202. The molecule has 144 valence electrons. The topological polar surface area (TPSA) is 108 Å². The summed E-state index contributed by atoms with van der Waals surface area (Å²) < 4.78 is 39.0. The summed E-state index contributed by atoms with van der Waals surface area (Å²) in [6.07, 6.45) is 1.72. The normalized spacial score (nSPS) is 11.5. The molecule has 0 bridgehead atoms. The average Bonchev–Trinajstić information content (AvgIpc) is 2.66. The van der Waals surface area contributed by atoms with Crippen molar-refractivity contribution in [2.45, 2.75) is 25.2 Å². The van der Waals surface area contributed by atoms with Crippen LogP contribution >= 0.6 is 0 Å². The Labute approximate surface area is 157 Å². The monoisotopic (exact) mass is 392 g/mol. The maximum Gasteiger partial charge on any atom is 0.315 e. The lowest BCUT2D eigenvalue weighted by Gasteiger charge is -2.12. The van der Waals surface area contributed by atoms with Crippen LogP contribution in [0.25, 0.3) is 0 Å². The summed E-state index contributed by atoms with van der Waals surface area (Å²) in [5.74, 6) is 0.186. The first-order chi connectivity index (χ1) is 12.9. The third-order valence-electron chi connectivity index (χ3n) is 3.39. The largest absolute Gasteiger partial charge is 0.490 e. The van der Waals surface area contributed by atoms with E-state index >= 15 is 0 Å². The molecule has 27 heavy (non-hydrogen) atoms. The van der Waals surface area contributed by atoms with E-state index < -0.39 is 14.9 Å². The summed E-state index contributed by atoms with van der Waals surface area (Å²) in [5, 5.41) is 11.4. The Balaban J connectivity index is 2.46. The number of hydrogen-bond acceptors (Lipinski definition) is 6. The van der Waals surface area contributed by atoms with Crippen LogP contribution < -0.4 is 9.47 Å². The minimum Gasteiger partial charge on any atom is -0.490 e. The van der Waals surface area contributed by atoms with Crippen molar-refractivity contribution in [2.75, 3.05) is 13.2 Å². The summed E-state index contributed by atoms with van der Waals surface area (Å²) in [5.41, 5.74) is -0.0959. The summed E-state index contributed by atoms with van der Waals surface area (Å²) in [6.45, 7) is 4.16. The van der Waals surface area contributed by atoms with Crippen molar-refractivity contribution in [3.8, 4) is 11.5 Å². The summed E-state index contributed by atoms with van der Waals surface area (Å²) in [6, 6.07) is 10.4. The first kappa shape index (κ1) is 20.4. The van der Waals surface area contributed by atoms with E-state index in [-0.39, 0.29) is 40.9 Å². The van der Waals surface area contributed by atoms with E-state index in [1.54, 1.807) is 25.1 Å². The number of rotatable bonds is 9. The second-order valence-corrected chi connectivity index (χ2v) is 7.06. The van der Waals surface area contributed by atoms with Gasteiger partial charge in [0.1, 0.15) is 0 Å². The van der Waals surface area contributed by atoms with E-state index in [2.05, 4.69) is 4.40 Å². The van der Waals surface area contributed by atoms with Crippen LogP contribution in [-0.4, -0.2) is 32.8 Å². The maximum atomic E-state index is 12.3. The SMILES string of the molecule is CCCOc1c(OCC)cc(/C=N\S(=O)(=O)c2ccccc2)cc1[N+](=O)[O-]. The molecule has 0 amide bonds. The lowest BCUT2D eigenvalue weighted by Crippen LogP contribution is -2.05. The van der Waals surface area contributed by atoms with Crippen LogP contribution in [0.1, 0.15) is 25.8 Å². The Kier molecular flexibility index (Phi) is 6.89. The molecule has 0 heterocycles. The molecule has 0 aliphatic rings. The van der Waals surface area contributed by atoms with Gasteiger partial charge in [-0.15, -0.1) is 0 Å². The molecule has 2 aromatic rings. The Hall–Kier alpha value is -2.94. The Bertz CT molecular complexity index is 926. The highest BCUT2D eigenvalue weighted by Crippen LogP contribution is 2.38. The summed E-state index contributed by atoms with van der Waals surface area (Å²) >= 11 is 0. The van der Waals surface area contributed by atoms with Crippen molar-refractivity contribution >= 4 is 21.9 Å². The van der Waals surface area contributed by atoms with E-state index in [0.717, 1.165) is 6.21 Å². The molecule has 0 N–H and O–H groups in total. The van der Waals surface area contributed by atoms with E-state index in [9.17, 15) is 18.5 Å². The number of nitro benzene ring substituents is 1. The standard InChI is InChI=1S/C18H20N2O6S/c1-3-10-26-18-16(20(21)22)11-14(12-17(18)25-4-2)13-19-27(23,24)15-8-6-5-7-9-15/h5-9,11-13H,3-4,10H2,1-2H3/b19-13-. The van der Waals surface area contributed by atoms with E-state index in [1.165, 1.54) is 24.3 Å². The van der Waals surface area contributed by atoms with Crippen molar-refractivity contribution < 1.29 is 22.8 Å². The van der Waals surface area contributed by atoms with Gasteiger partial charge in [0.25, 0.3) is 10.0 Å². The van der Waals surface area contributed by atoms with Gasteiger partial charge in [-0.3, -0.25) is 10.1 Å². The Morgan fingerprint density at radius 3 is 2.44 bits per heavy atom. The van der Waals surface area contributed by atoms with Gasteiger partial charge in [0.05, 0.1) is 23.0 Å². The second kappa shape index (κ2) is 9.13. The van der Waals surface area contributed by atoms with E-state index in [1.807, 2.05) is 6.92 Å². The number of ether oxygens (including phenoxy) is 2. The Morgan fingerprint density at radius 1 is 1.15 bits per heavy atom. The predicted molar refractivity (Wildman–Crippen MR) is 101 cm³/mol. The van der Waals surface area contributed by atoms with Crippen molar-refractivity contribution in [1.82, 2.24) is 0 Å². The van der Waals surface area contributed by atoms with Crippen LogP contribution in [0, 0.1) is 10.1 Å². The van der Waals surface area contributed by atoms with Crippen LogP contribution in [0.3, 0.4) is 0 Å². The number of hydrogen-bond donors (Lipinski definition) is 0. The molecule has 0 saturated heterocycles. The summed E-state index contributed by atoms with van der Waals surface area (Å²) in [4.78, 5) is 10.9. The van der Waals surface area contributed by atoms with Gasteiger partial charge >= 0.3 is 5.69 Å². The highest BCUT2D eigenvalue weighted by molar-refractivity contribution is 7.90. The fourth-order valence-corrected chi connectivity index (χ4v) is 3.10. The highest BCUT2D eigenvalue weighted by atomic mass is 32.2. The molecule has 0 atom stereocenters. The predicted octanol–water partition coefficient (Wildman–Crippen LogP) is 3.59. The van der Waals surface area contributed by atoms with Gasteiger partial charge in [-0.2, -0.15) is 12.8 Å². The van der Waals surface area contributed by atoms with Gasteiger partial charge in [-0.05, 0) is 31.5 Å². The lowest BCUT2D eigenvalue weighted by molar-refractivity contribution is -0.386. The van der Waals surface area contributed by atoms with Crippen molar-refractivity contribution in [1.29, 1.82) is 0 Å². The fourth-order valence-electron chi connectivity index (χ4n) is 2.21. The molecule has 9 heteroatoms. The van der Waals surface area contributed by atoms with Crippen molar-refractivity contribution in [3.63, 3.8) is 0 Å². The third kappa shape index (κ3) is 5.27. The Morgan fingerprint density at radius 2 is 1.85 bits per heavy atom. The van der Waals surface area contributed by atoms with Gasteiger partial charge in [0.2, 0.25) is 5.75 Å². The minimum atomic E-state index is -3.91.